The summed E-state index contributed by atoms with van der Waals surface area (Å²) < 4.78 is 16.1. The summed E-state index contributed by atoms with van der Waals surface area (Å²) >= 11 is 1.02. The number of nitrogens with one attached hydrogen (secondary N) is 2. The fourth-order valence-corrected chi connectivity index (χ4v) is 5.25. The summed E-state index contributed by atoms with van der Waals surface area (Å²) in [5, 5.41) is 6.82. The van der Waals surface area contributed by atoms with Gasteiger partial charge in [-0.25, -0.2) is 19.5 Å². The molecule has 1 aliphatic carbocycles. The number of hydrogen-bond donors (Lipinski definition) is 2. The number of rotatable bonds is 9. The van der Waals surface area contributed by atoms with Crippen molar-refractivity contribution in [1.82, 2.24) is 15.2 Å². The Kier molecular flexibility index (Phi) is 8.38. The number of hydrogen-bond acceptors (Lipinski definition) is 10. The molecule has 2 aliphatic heterocycles. The first-order chi connectivity index (χ1) is 20.2. The first kappa shape index (κ1) is 28.6. The van der Waals surface area contributed by atoms with Gasteiger partial charge in [-0.15, -0.1) is 11.3 Å². The third-order valence-electron chi connectivity index (χ3n) is 6.80. The van der Waals surface area contributed by atoms with Crippen LogP contribution in [0.1, 0.15) is 28.9 Å². The maximum Gasteiger partial charge on any atom is 0.357 e. The number of allylic oxidation sites excluding steroid dienone is 4. The smallest absolute Gasteiger partial charge is 0.357 e. The van der Waals surface area contributed by atoms with Crippen LogP contribution in [0.4, 0.5) is 15.6 Å². The molecule has 4 amide bonds. The standard InChI is InChI=1S/C29H29N5O7S/c1-33(2)19-11-9-17(10-12-19)13-21(25(35)32-28-30-20(16-42-28)27(37)39-3)34-26(36)24(31-29(34)38)23-15-40-14-22(41-23)18-7-5-4-6-8-18/h4-5,7,9-12,14-16,21,24H,6,8,13H2,1-3H3,(H,31,38)(H,30,32,35)/t21-,24?/m0/s1. The fraction of sp³-hybridized carbons (Fsp3) is 0.276. The molecule has 1 unspecified atom stereocenters. The van der Waals surface area contributed by atoms with Crippen molar-refractivity contribution >= 4 is 46.0 Å². The molecular weight excluding hydrogens is 562 g/mol. The number of ether oxygens (including phenoxy) is 3. The van der Waals surface area contributed by atoms with Crippen LogP contribution < -0.4 is 15.5 Å². The number of carbonyl (C=O) groups is 4. The Bertz CT molecular complexity index is 1520. The Balaban J connectivity index is 1.39. The summed E-state index contributed by atoms with van der Waals surface area (Å²) in [5.74, 6) is -1.44. The van der Waals surface area contributed by atoms with Crippen LogP contribution in [0.2, 0.25) is 0 Å². The minimum absolute atomic E-state index is 0.0255. The van der Waals surface area contributed by atoms with Crippen LogP contribution >= 0.6 is 11.3 Å². The highest BCUT2D eigenvalue weighted by atomic mass is 32.1. The van der Waals surface area contributed by atoms with Gasteiger partial charge in [0.05, 0.1) is 7.11 Å². The van der Waals surface area contributed by atoms with Crippen molar-refractivity contribution < 1.29 is 33.4 Å². The van der Waals surface area contributed by atoms with Crippen molar-refractivity contribution in [2.24, 2.45) is 0 Å². The number of aromatic nitrogens is 1. The van der Waals surface area contributed by atoms with E-state index < -0.39 is 35.9 Å². The lowest BCUT2D eigenvalue weighted by Gasteiger charge is -2.25. The third kappa shape index (κ3) is 6.05. The topological polar surface area (TPSA) is 139 Å². The lowest BCUT2D eigenvalue weighted by atomic mass is 10.0. The van der Waals surface area contributed by atoms with E-state index >= 15 is 0 Å². The molecule has 0 spiro atoms. The average molecular weight is 592 g/mol. The number of nitrogens with zero attached hydrogens (tertiary/aromatic N) is 3. The number of carbonyl (C=O) groups excluding carboxylic acids is 4. The Morgan fingerprint density at radius 2 is 2.02 bits per heavy atom. The SMILES string of the molecule is COC(=O)c1csc(NC(=O)[C@H](Cc2ccc(N(C)C)cc2)N2C(=O)NC(C3=COC=C(C4=CC=CCC4)O3)C2=O)n1. The summed E-state index contributed by atoms with van der Waals surface area (Å²) in [6.07, 6.45) is 10.1. The number of esters is 1. The predicted molar refractivity (Wildman–Crippen MR) is 154 cm³/mol. The van der Waals surface area contributed by atoms with Crippen LogP contribution in [-0.2, 0) is 30.2 Å². The van der Waals surface area contributed by atoms with E-state index in [9.17, 15) is 19.2 Å². The fourth-order valence-electron chi connectivity index (χ4n) is 4.57. The molecule has 2 N–H and O–H groups in total. The van der Waals surface area contributed by atoms with Gasteiger partial charge in [0, 0.05) is 31.6 Å². The second-order valence-corrected chi connectivity index (χ2v) is 10.6. The monoisotopic (exact) mass is 591 g/mol. The lowest BCUT2D eigenvalue weighted by Crippen LogP contribution is -2.49. The van der Waals surface area contributed by atoms with Gasteiger partial charge in [-0.3, -0.25) is 9.59 Å². The van der Waals surface area contributed by atoms with E-state index in [-0.39, 0.29) is 23.0 Å². The second-order valence-electron chi connectivity index (χ2n) is 9.79. The summed E-state index contributed by atoms with van der Waals surface area (Å²) in [4.78, 5) is 59.3. The zero-order valence-electron chi connectivity index (χ0n) is 23.2. The molecule has 1 aromatic heterocycles. The largest absolute Gasteiger partial charge is 0.465 e. The molecule has 3 heterocycles. The van der Waals surface area contributed by atoms with Crippen LogP contribution in [0.3, 0.4) is 0 Å². The van der Waals surface area contributed by atoms with Crippen LogP contribution in [0.25, 0.3) is 0 Å². The minimum atomic E-state index is -1.25. The van der Waals surface area contributed by atoms with Gasteiger partial charge < -0.3 is 29.7 Å². The molecule has 218 valence electrons. The quantitative estimate of drug-likeness (QED) is 0.331. The summed E-state index contributed by atoms with van der Waals surface area (Å²) in [7, 11) is 5.04. The molecule has 2 atom stereocenters. The molecule has 12 nitrogen and oxygen atoms in total. The number of benzene rings is 1. The van der Waals surface area contributed by atoms with Gasteiger partial charge >= 0.3 is 12.0 Å². The Morgan fingerprint density at radius 1 is 1.24 bits per heavy atom. The van der Waals surface area contributed by atoms with E-state index in [0.717, 1.165) is 45.9 Å². The number of anilines is 2. The molecule has 0 radical (unpaired) electrons. The van der Waals surface area contributed by atoms with Crippen molar-refractivity contribution in [3.8, 4) is 0 Å². The van der Waals surface area contributed by atoms with E-state index in [1.807, 2.05) is 61.5 Å². The molecular formula is C29H29N5O7S. The van der Waals surface area contributed by atoms with Crippen molar-refractivity contribution in [3.63, 3.8) is 0 Å². The van der Waals surface area contributed by atoms with Gasteiger partial charge in [-0.05, 0) is 36.1 Å². The van der Waals surface area contributed by atoms with Crippen molar-refractivity contribution in [2.75, 3.05) is 31.4 Å². The van der Waals surface area contributed by atoms with Gasteiger partial charge in [-0.2, -0.15) is 0 Å². The maximum atomic E-state index is 13.7. The molecule has 2 aromatic rings. The lowest BCUT2D eigenvalue weighted by molar-refractivity contribution is -0.134. The molecule has 3 aliphatic rings. The minimum Gasteiger partial charge on any atom is -0.465 e. The Morgan fingerprint density at radius 3 is 2.71 bits per heavy atom. The van der Waals surface area contributed by atoms with E-state index in [2.05, 4.69) is 20.4 Å². The number of imide groups is 1. The van der Waals surface area contributed by atoms with E-state index in [0.29, 0.717) is 5.76 Å². The first-order valence-corrected chi connectivity index (χ1v) is 14.0. The molecule has 13 heteroatoms. The number of thiazole rings is 1. The summed E-state index contributed by atoms with van der Waals surface area (Å²) in [5.41, 5.74) is 2.59. The van der Waals surface area contributed by atoms with Crippen molar-refractivity contribution in [3.05, 3.63) is 88.7 Å². The van der Waals surface area contributed by atoms with Crippen LogP contribution in [0.5, 0.6) is 0 Å². The molecule has 1 aromatic carbocycles. The second kappa shape index (κ2) is 12.3. The molecule has 1 saturated heterocycles. The summed E-state index contributed by atoms with van der Waals surface area (Å²) in [6.45, 7) is 0. The number of amides is 4. The Labute approximate surface area is 245 Å². The Hall–Kier alpha value is -4.91. The van der Waals surface area contributed by atoms with Crippen LogP contribution in [-0.4, -0.2) is 67.0 Å². The first-order valence-electron chi connectivity index (χ1n) is 13.1. The van der Waals surface area contributed by atoms with Gasteiger partial charge in [-0.1, -0.05) is 30.4 Å². The number of methoxy groups -OCH3 is 1. The average Bonchev–Trinajstić information content (AvgIpc) is 3.59. The van der Waals surface area contributed by atoms with Gasteiger partial charge in [0.2, 0.25) is 5.91 Å². The number of urea groups is 1. The highest BCUT2D eigenvalue weighted by Crippen LogP contribution is 2.30. The van der Waals surface area contributed by atoms with E-state index in [4.69, 9.17) is 9.47 Å². The maximum absolute atomic E-state index is 13.7. The van der Waals surface area contributed by atoms with Crippen LogP contribution in [0.15, 0.2) is 77.5 Å². The van der Waals surface area contributed by atoms with Gasteiger partial charge in [0.25, 0.3) is 5.91 Å². The van der Waals surface area contributed by atoms with Crippen LogP contribution in [0, 0.1) is 0 Å². The highest BCUT2D eigenvalue weighted by molar-refractivity contribution is 7.14. The molecule has 0 bridgehead atoms. The zero-order valence-corrected chi connectivity index (χ0v) is 24.0. The van der Waals surface area contributed by atoms with Gasteiger partial charge in [0.1, 0.15) is 18.6 Å². The molecule has 0 saturated carbocycles. The highest BCUT2D eigenvalue weighted by Gasteiger charge is 2.47. The normalized spacial score (nSPS) is 18.6. The summed E-state index contributed by atoms with van der Waals surface area (Å²) in [6, 6.07) is 4.21. The molecule has 5 rings (SSSR count). The molecule has 42 heavy (non-hydrogen) atoms. The molecule has 1 fully saturated rings. The van der Waals surface area contributed by atoms with Crippen molar-refractivity contribution in [2.45, 2.75) is 31.3 Å². The van der Waals surface area contributed by atoms with E-state index in [1.165, 1.54) is 25.0 Å². The zero-order chi connectivity index (χ0) is 29.8. The van der Waals surface area contributed by atoms with Crippen molar-refractivity contribution in [1.29, 1.82) is 0 Å². The predicted octanol–water partition coefficient (Wildman–Crippen LogP) is 3.47. The van der Waals surface area contributed by atoms with E-state index in [1.54, 1.807) is 0 Å². The third-order valence-corrected chi connectivity index (χ3v) is 7.56. The van der Waals surface area contributed by atoms with Gasteiger partial charge in [0.15, 0.2) is 28.4 Å².